The predicted molar refractivity (Wildman–Crippen MR) is 76.2 cm³/mol. The minimum absolute atomic E-state index is 0.575. The van der Waals surface area contributed by atoms with Crippen LogP contribution in [0, 0.1) is 0 Å². The van der Waals surface area contributed by atoms with Crippen molar-refractivity contribution in [1.82, 2.24) is 10.7 Å². The number of nitrogens with two attached hydrogens (primary N) is 1. The molecular weight excluding hydrogens is 244 g/mol. The Morgan fingerprint density at radius 3 is 2.58 bits per heavy atom. The van der Waals surface area contributed by atoms with Gasteiger partial charge in [-0.2, -0.15) is 0 Å². The first kappa shape index (κ1) is 15.3. The van der Waals surface area contributed by atoms with E-state index in [0.29, 0.717) is 19.1 Å². The number of methoxy groups -OCH3 is 2. The van der Waals surface area contributed by atoms with Gasteiger partial charge in [0, 0.05) is 13.7 Å². The second kappa shape index (κ2) is 9.18. The van der Waals surface area contributed by atoms with Crippen molar-refractivity contribution in [3.8, 4) is 5.75 Å². The van der Waals surface area contributed by atoms with Crippen LogP contribution in [0.25, 0.3) is 0 Å². The fourth-order valence-corrected chi connectivity index (χ4v) is 1.52. The van der Waals surface area contributed by atoms with Gasteiger partial charge in [-0.05, 0) is 24.1 Å². The van der Waals surface area contributed by atoms with E-state index in [1.54, 1.807) is 14.2 Å². The lowest BCUT2D eigenvalue weighted by Crippen LogP contribution is -2.42. The standard InChI is InChI=1S/C13H22N4O2/c1-18-10-9-16-13(17-14)15-8-7-11-3-5-12(19-2)6-4-11/h3-6H,7-10,14H2,1-2H3,(H2,15,16,17). The molecule has 0 bridgehead atoms. The smallest absolute Gasteiger partial charge is 0.205 e. The molecule has 0 aliphatic carbocycles. The van der Waals surface area contributed by atoms with Crippen LogP contribution in [0.2, 0.25) is 0 Å². The van der Waals surface area contributed by atoms with Gasteiger partial charge < -0.3 is 14.8 Å². The predicted octanol–water partition coefficient (Wildman–Crippen LogP) is 0.293. The normalized spacial score (nSPS) is 11.2. The van der Waals surface area contributed by atoms with Gasteiger partial charge >= 0.3 is 0 Å². The summed E-state index contributed by atoms with van der Waals surface area (Å²) in [7, 11) is 3.30. The van der Waals surface area contributed by atoms with E-state index >= 15 is 0 Å². The third-order valence-corrected chi connectivity index (χ3v) is 2.57. The molecule has 6 nitrogen and oxygen atoms in total. The molecule has 19 heavy (non-hydrogen) atoms. The number of hydrazine groups is 1. The van der Waals surface area contributed by atoms with Crippen LogP contribution in [0.15, 0.2) is 29.3 Å². The van der Waals surface area contributed by atoms with Gasteiger partial charge in [0.2, 0.25) is 5.96 Å². The fourth-order valence-electron chi connectivity index (χ4n) is 1.52. The van der Waals surface area contributed by atoms with Crippen molar-refractivity contribution in [1.29, 1.82) is 0 Å². The van der Waals surface area contributed by atoms with Gasteiger partial charge in [-0.1, -0.05) is 12.1 Å². The SMILES string of the molecule is COCCN=C(NN)NCCc1ccc(OC)cc1. The molecular formula is C13H22N4O2. The minimum atomic E-state index is 0.575. The van der Waals surface area contributed by atoms with E-state index in [1.807, 2.05) is 24.3 Å². The molecule has 6 heteroatoms. The van der Waals surface area contributed by atoms with Crippen LogP contribution in [-0.2, 0) is 11.2 Å². The molecule has 0 heterocycles. The van der Waals surface area contributed by atoms with Crippen molar-refractivity contribution in [3.63, 3.8) is 0 Å². The van der Waals surface area contributed by atoms with Gasteiger partial charge in [-0.3, -0.25) is 5.43 Å². The highest BCUT2D eigenvalue weighted by Gasteiger charge is 1.97. The van der Waals surface area contributed by atoms with Crippen molar-refractivity contribution in [3.05, 3.63) is 29.8 Å². The molecule has 1 rings (SSSR count). The van der Waals surface area contributed by atoms with E-state index in [9.17, 15) is 0 Å². The third kappa shape index (κ3) is 6.08. The number of benzene rings is 1. The van der Waals surface area contributed by atoms with Crippen molar-refractivity contribution in [2.45, 2.75) is 6.42 Å². The highest BCUT2D eigenvalue weighted by molar-refractivity contribution is 5.79. The molecule has 0 aromatic heterocycles. The molecule has 0 saturated carbocycles. The number of hydrogen-bond acceptors (Lipinski definition) is 4. The molecule has 1 aromatic carbocycles. The molecule has 4 N–H and O–H groups in total. The lowest BCUT2D eigenvalue weighted by molar-refractivity contribution is 0.208. The maximum atomic E-state index is 5.37. The molecule has 0 aliphatic heterocycles. The largest absolute Gasteiger partial charge is 0.497 e. The summed E-state index contributed by atoms with van der Waals surface area (Å²) in [5.74, 6) is 6.81. The molecule has 0 spiro atoms. The summed E-state index contributed by atoms with van der Waals surface area (Å²) in [5.41, 5.74) is 3.75. The van der Waals surface area contributed by atoms with Crippen LogP contribution >= 0.6 is 0 Å². The van der Waals surface area contributed by atoms with Crippen LogP contribution in [0.4, 0.5) is 0 Å². The molecule has 0 atom stereocenters. The average Bonchev–Trinajstić information content (AvgIpc) is 2.46. The Labute approximate surface area is 114 Å². The minimum Gasteiger partial charge on any atom is -0.497 e. The van der Waals surface area contributed by atoms with Gasteiger partial charge in [-0.15, -0.1) is 0 Å². The van der Waals surface area contributed by atoms with E-state index in [1.165, 1.54) is 5.56 Å². The second-order valence-electron chi connectivity index (χ2n) is 3.89. The monoisotopic (exact) mass is 266 g/mol. The first-order valence-corrected chi connectivity index (χ1v) is 6.17. The van der Waals surface area contributed by atoms with Crippen LogP contribution in [0.1, 0.15) is 5.56 Å². The molecule has 0 unspecified atom stereocenters. The van der Waals surface area contributed by atoms with Gasteiger partial charge in [0.25, 0.3) is 0 Å². The molecule has 0 radical (unpaired) electrons. The quantitative estimate of drug-likeness (QED) is 0.217. The molecule has 0 aliphatic rings. The number of ether oxygens (including phenoxy) is 2. The highest BCUT2D eigenvalue weighted by Crippen LogP contribution is 2.11. The van der Waals surface area contributed by atoms with Crippen molar-refractivity contribution in [2.75, 3.05) is 33.9 Å². The zero-order chi connectivity index (χ0) is 13.9. The van der Waals surface area contributed by atoms with E-state index in [0.717, 1.165) is 18.7 Å². The van der Waals surface area contributed by atoms with E-state index in [2.05, 4.69) is 15.7 Å². The number of hydrogen-bond donors (Lipinski definition) is 3. The Balaban J connectivity index is 2.32. The first-order valence-electron chi connectivity index (χ1n) is 6.17. The second-order valence-corrected chi connectivity index (χ2v) is 3.89. The fraction of sp³-hybridized carbons (Fsp3) is 0.462. The van der Waals surface area contributed by atoms with Crippen molar-refractivity contribution < 1.29 is 9.47 Å². The number of aliphatic imine (C=N–C) groups is 1. The maximum absolute atomic E-state index is 5.37. The lowest BCUT2D eigenvalue weighted by atomic mass is 10.1. The topological polar surface area (TPSA) is 80.9 Å². The third-order valence-electron chi connectivity index (χ3n) is 2.57. The summed E-state index contributed by atoms with van der Waals surface area (Å²) < 4.78 is 10.0. The van der Waals surface area contributed by atoms with Crippen LogP contribution in [0.3, 0.4) is 0 Å². The van der Waals surface area contributed by atoms with E-state index in [4.69, 9.17) is 15.3 Å². The average molecular weight is 266 g/mol. The summed E-state index contributed by atoms with van der Waals surface area (Å²) in [6, 6.07) is 7.98. The van der Waals surface area contributed by atoms with Gasteiger partial charge in [0.05, 0.1) is 20.3 Å². The number of nitrogens with one attached hydrogen (secondary N) is 2. The Morgan fingerprint density at radius 2 is 2.00 bits per heavy atom. The molecule has 1 aromatic rings. The Morgan fingerprint density at radius 1 is 1.26 bits per heavy atom. The summed E-state index contributed by atoms with van der Waals surface area (Å²) in [6.45, 7) is 1.90. The van der Waals surface area contributed by atoms with E-state index < -0.39 is 0 Å². The summed E-state index contributed by atoms with van der Waals surface area (Å²) >= 11 is 0. The lowest BCUT2D eigenvalue weighted by Gasteiger charge is -2.09. The molecule has 106 valence electrons. The Bertz CT molecular complexity index is 379. The van der Waals surface area contributed by atoms with E-state index in [-0.39, 0.29) is 0 Å². The molecule has 0 amide bonds. The number of nitrogens with zero attached hydrogens (tertiary/aromatic N) is 1. The number of guanidine groups is 1. The van der Waals surface area contributed by atoms with Crippen LogP contribution in [0.5, 0.6) is 5.75 Å². The zero-order valence-corrected chi connectivity index (χ0v) is 11.5. The summed E-state index contributed by atoms with van der Waals surface area (Å²) in [5, 5.41) is 3.13. The van der Waals surface area contributed by atoms with Crippen molar-refractivity contribution in [2.24, 2.45) is 10.8 Å². The van der Waals surface area contributed by atoms with Gasteiger partial charge in [0.1, 0.15) is 5.75 Å². The number of rotatable bonds is 7. The Kier molecular flexibility index (Phi) is 7.38. The maximum Gasteiger partial charge on any atom is 0.205 e. The highest BCUT2D eigenvalue weighted by atomic mass is 16.5. The molecule has 0 fully saturated rings. The zero-order valence-electron chi connectivity index (χ0n) is 11.5. The van der Waals surface area contributed by atoms with Crippen LogP contribution < -0.4 is 21.3 Å². The van der Waals surface area contributed by atoms with Gasteiger partial charge in [0.15, 0.2) is 0 Å². The first-order chi connectivity index (χ1) is 9.30. The molecule has 0 saturated heterocycles. The summed E-state index contributed by atoms with van der Waals surface area (Å²) in [6.07, 6.45) is 0.884. The van der Waals surface area contributed by atoms with Crippen LogP contribution in [-0.4, -0.2) is 39.9 Å². The van der Waals surface area contributed by atoms with Crippen molar-refractivity contribution >= 4 is 5.96 Å². The Hall–Kier alpha value is -1.79. The summed E-state index contributed by atoms with van der Waals surface area (Å²) in [4.78, 5) is 4.21. The van der Waals surface area contributed by atoms with Gasteiger partial charge in [-0.25, -0.2) is 10.8 Å².